The summed E-state index contributed by atoms with van der Waals surface area (Å²) in [5.41, 5.74) is 0.582. The van der Waals surface area contributed by atoms with Gasteiger partial charge >= 0.3 is 0 Å². The zero-order chi connectivity index (χ0) is 12.6. The molecule has 1 aliphatic carbocycles. The van der Waals surface area contributed by atoms with Gasteiger partial charge in [0.2, 0.25) is 0 Å². The van der Waals surface area contributed by atoms with Gasteiger partial charge in [-0.3, -0.25) is 0 Å². The Kier molecular flexibility index (Phi) is 3.87. The second-order valence-electron chi connectivity index (χ2n) is 8.39. The van der Waals surface area contributed by atoms with Crippen LogP contribution in [0.15, 0.2) is 0 Å². The van der Waals surface area contributed by atoms with Crippen molar-refractivity contribution in [2.45, 2.75) is 84.8 Å². The molecular formula is C15H31B. The molecule has 1 fully saturated rings. The number of hydrogen-bond acceptors (Lipinski definition) is 0. The molecule has 0 amide bonds. The van der Waals surface area contributed by atoms with Gasteiger partial charge < -0.3 is 0 Å². The normalized spacial score (nSPS) is 36.5. The van der Waals surface area contributed by atoms with Crippen molar-refractivity contribution in [1.82, 2.24) is 0 Å². The van der Waals surface area contributed by atoms with Crippen molar-refractivity contribution < 1.29 is 0 Å². The van der Waals surface area contributed by atoms with E-state index in [1.807, 2.05) is 0 Å². The number of hydrogen-bond donors (Lipinski definition) is 0. The fourth-order valence-corrected chi connectivity index (χ4v) is 3.99. The largest absolute Gasteiger partial charge is 0.134 e. The van der Waals surface area contributed by atoms with Gasteiger partial charge in [-0.15, -0.1) is 0 Å². The van der Waals surface area contributed by atoms with Crippen molar-refractivity contribution in [3.63, 3.8) is 0 Å². The highest BCUT2D eigenvalue weighted by Gasteiger charge is 2.42. The molecule has 0 aromatic carbocycles. The van der Waals surface area contributed by atoms with Crippen LogP contribution in [0, 0.1) is 11.3 Å². The van der Waals surface area contributed by atoms with Gasteiger partial charge in [0.15, 0.2) is 0 Å². The summed E-state index contributed by atoms with van der Waals surface area (Å²) in [6.07, 6.45) is 5.73. The lowest BCUT2D eigenvalue weighted by Crippen LogP contribution is -2.37. The molecular weight excluding hydrogens is 191 g/mol. The topological polar surface area (TPSA) is 0 Å². The molecule has 2 unspecified atom stereocenters. The van der Waals surface area contributed by atoms with E-state index in [0.29, 0.717) is 16.0 Å². The predicted octanol–water partition coefficient (Wildman–Crippen LogP) is 5.06. The van der Waals surface area contributed by atoms with E-state index in [-0.39, 0.29) is 0 Å². The van der Waals surface area contributed by atoms with Crippen LogP contribution < -0.4 is 0 Å². The summed E-state index contributed by atoms with van der Waals surface area (Å²) in [6, 6.07) is 0. The molecule has 1 aliphatic rings. The lowest BCUT2D eigenvalue weighted by Gasteiger charge is -2.48. The van der Waals surface area contributed by atoms with Crippen LogP contribution in [0.4, 0.5) is 0 Å². The Labute approximate surface area is 104 Å². The lowest BCUT2D eigenvalue weighted by atomic mass is 9.35. The van der Waals surface area contributed by atoms with Crippen molar-refractivity contribution in [1.29, 1.82) is 0 Å². The maximum absolute atomic E-state index is 2.53. The summed E-state index contributed by atoms with van der Waals surface area (Å²) < 4.78 is 0. The summed E-state index contributed by atoms with van der Waals surface area (Å²) >= 11 is 0. The van der Waals surface area contributed by atoms with Gasteiger partial charge in [0.1, 0.15) is 7.28 Å². The maximum atomic E-state index is 2.53. The van der Waals surface area contributed by atoms with Gasteiger partial charge in [0.05, 0.1) is 0 Å². The Morgan fingerprint density at radius 1 is 1.06 bits per heavy atom. The highest BCUT2D eigenvalue weighted by molar-refractivity contribution is 6.43. The van der Waals surface area contributed by atoms with Gasteiger partial charge in [-0.1, -0.05) is 71.9 Å². The van der Waals surface area contributed by atoms with Crippen LogP contribution in [0.1, 0.15) is 74.1 Å². The molecule has 2 atom stereocenters. The minimum Gasteiger partial charge on any atom is -0.0671 e. The molecule has 1 saturated carbocycles. The van der Waals surface area contributed by atoms with Crippen LogP contribution in [-0.4, -0.2) is 7.28 Å². The van der Waals surface area contributed by atoms with Crippen LogP contribution in [0.5, 0.6) is 0 Å². The first-order valence-corrected chi connectivity index (χ1v) is 7.06. The quantitative estimate of drug-likeness (QED) is 0.573. The molecule has 1 heteroatoms. The van der Waals surface area contributed by atoms with Gasteiger partial charge in [0, 0.05) is 0 Å². The van der Waals surface area contributed by atoms with E-state index in [9.17, 15) is 0 Å². The molecule has 94 valence electrons. The van der Waals surface area contributed by atoms with Crippen LogP contribution in [0.25, 0.3) is 0 Å². The van der Waals surface area contributed by atoms with E-state index in [1.54, 1.807) is 0 Å². The first-order chi connectivity index (χ1) is 7.06. The van der Waals surface area contributed by atoms with Gasteiger partial charge in [-0.25, -0.2) is 0 Å². The summed E-state index contributed by atoms with van der Waals surface area (Å²) in [7, 11) is 1.38. The van der Waals surface area contributed by atoms with Crippen LogP contribution in [0.2, 0.25) is 10.6 Å². The fourth-order valence-electron chi connectivity index (χ4n) is 3.99. The van der Waals surface area contributed by atoms with Gasteiger partial charge in [-0.2, -0.15) is 0 Å². The molecule has 0 spiro atoms. The summed E-state index contributed by atoms with van der Waals surface area (Å²) in [4.78, 5) is 0. The minimum atomic E-state index is 0.476. The van der Waals surface area contributed by atoms with E-state index < -0.39 is 0 Å². The number of rotatable bonds is 2. The molecule has 0 heterocycles. The van der Waals surface area contributed by atoms with E-state index >= 15 is 0 Å². The van der Waals surface area contributed by atoms with Gasteiger partial charge in [0.25, 0.3) is 0 Å². The first kappa shape index (κ1) is 14.1. The molecule has 1 rings (SSSR count). The van der Waals surface area contributed by atoms with Crippen molar-refractivity contribution >= 4 is 7.28 Å². The van der Waals surface area contributed by atoms with Crippen molar-refractivity contribution in [3.8, 4) is 0 Å². The Bertz CT molecular complexity index is 238. The Morgan fingerprint density at radius 3 is 2.06 bits per heavy atom. The van der Waals surface area contributed by atoms with Crippen molar-refractivity contribution in [2.75, 3.05) is 0 Å². The minimum absolute atomic E-state index is 0.476. The van der Waals surface area contributed by atoms with Gasteiger partial charge in [-0.05, 0) is 24.2 Å². The van der Waals surface area contributed by atoms with E-state index in [2.05, 4.69) is 48.5 Å². The lowest BCUT2D eigenvalue weighted by molar-refractivity contribution is 0.114. The first-order valence-electron chi connectivity index (χ1n) is 7.06. The maximum Gasteiger partial charge on any atom is 0.134 e. The zero-order valence-corrected chi connectivity index (χ0v) is 12.6. The average Bonchev–Trinajstić information content (AvgIpc) is 1.97. The summed E-state index contributed by atoms with van der Waals surface area (Å²) in [5, 5.41) is 1.06. The standard InChI is InChI=1S/C15H31B/c1-12(2)14(6)9-8-10-15(7,11-14)16-13(3,4)5/h12,16H,8-11H2,1-7H3. The van der Waals surface area contributed by atoms with Crippen LogP contribution in [0.3, 0.4) is 0 Å². The molecule has 0 aromatic heterocycles. The average molecular weight is 222 g/mol. The fraction of sp³-hybridized carbons (Fsp3) is 1.00. The summed E-state index contributed by atoms with van der Waals surface area (Å²) in [5.74, 6) is 0.826. The summed E-state index contributed by atoms with van der Waals surface area (Å²) in [6.45, 7) is 17.0. The van der Waals surface area contributed by atoms with E-state index in [1.165, 1.54) is 33.0 Å². The molecule has 16 heavy (non-hydrogen) atoms. The third-order valence-electron chi connectivity index (χ3n) is 4.71. The monoisotopic (exact) mass is 222 g/mol. The predicted molar refractivity (Wildman–Crippen MR) is 76.6 cm³/mol. The molecule has 0 aromatic rings. The second kappa shape index (κ2) is 4.39. The van der Waals surface area contributed by atoms with Crippen LogP contribution >= 0.6 is 0 Å². The molecule has 0 nitrogen and oxygen atoms in total. The molecule has 0 bridgehead atoms. The third kappa shape index (κ3) is 3.53. The SMILES string of the molecule is CC(C)C1(C)CCCC(C)(BC(C)(C)C)C1. The Balaban J connectivity index is 2.76. The zero-order valence-electron chi connectivity index (χ0n) is 12.6. The van der Waals surface area contributed by atoms with E-state index in [4.69, 9.17) is 0 Å². The Hall–Kier alpha value is 0.0649. The highest BCUT2D eigenvalue weighted by atomic mass is 14.4. The highest BCUT2D eigenvalue weighted by Crippen LogP contribution is 2.55. The van der Waals surface area contributed by atoms with Crippen molar-refractivity contribution in [2.24, 2.45) is 11.3 Å². The third-order valence-corrected chi connectivity index (χ3v) is 4.71. The molecule has 0 saturated heterocycles. The smallest absolute Gasteiger partial charge is 0.0671 e. The second-order valence-corrected chi connectivity index (χ2v) is 8.39. The molecule has 0 N–H and O–H groups in total. The molecule has 0 radical (unpaired) electrons. The van der Waals surface area contributed by atoms with Crippen LogP contribution in [-0.2, 0) is 0 Å². The molecule has 0 aliphatic heterocycles. The van der Waals surface area contributed by atoms with Crippen molar-refractivity contribution in [3.05, 3.63) is 0 Å². The Morgan fingerprint density at radius 2 is 1.62 bits per heavy atom. The van der Waals surface area contributed by atoms with E-state index in [0.717, 1.165) is 5.92 Å².